The number of hydrogen-bond donors (Lipinski definition) is 1. The van der Waals surface area contributed by atoms with Crippen molar-refractivity contribution in [2.24, 2.45) is 0 Å². The van der Waals surface area contributed by atoms with Crippen molar-refractivity contribution < 1.29 is 0 Å². The van der Waals surface area contributed by atoms with Crippen LogP contribution in [0.2, 0.25) is 0 Å². The molecule has 0 aliphatic rings. The molecule has 0 spiro atoms. The van der Waals surface area contributed by atoms with Gasteiger partial charge in [-0.2, -0.15) is 10.5 Å². The number of nitrogens with one attached hydrogen (secondary N) is 1. The van der Waals surface area contributed by atoms with E-state index in [1.165, 1.54) is 11.8 Å². The monoisotopic (exact) mass is 141 g/mol. The quantitative estimate of drug-likeness (QED) is 0.454. The second-order valence-electron chi connectivity index (χ2n) is 1.28. The van der Waals surface area contributed by atoms with Crippen molar-refractivity contribution in [3.05, 3.63) is 0 Å². The Kier molecular flexibility index (Phi) is 5.00. The molecule has 1 unspecified atom stereocenters. The van der Waals surface area contributed by atoms with E-state index in [2.05, 4.69) is 5.32 Å². The van der Waals surface area contributed by atoms with Gasteiger partial charge in [-0.25, -0.2) is 0 Å². The minimum atomic E-state index is -0.246. The Morgan fingerprint density at radius 1 is 1.67 bits per heavy atom. The Hall–Kier alpha value is -0.710. The summed E-state index contributed by atoms with van der Waals surface area (Å²) in [5.74, 6) is 0. The smallest absolute Gasteiger partial charge is 0.142 e. The lowest BCUT2D eigenvalue weighted by molar-refractivity contribution is 0.815. The minimum Gasteiger partial charge on any atom is -0.281 e. The van der Waals surface area contributed by atoms with Gasteiger partial charge in [0.05, 0.1) is 18.7 Å². The third kappa shape index (κ3) is 3.84. The minimum absolute atomic E-state index is 0.235. The summed E-state index contributed by atoms with van der Waals surface area (Å²) in [5, 5.41) is 18.8. The summed E-state index contributed by atoms with van der Waals surface area (Å²) < 4.78 is 0. The highest BCUT2D eigenvalue weighted by molar-refractivity contribution is 7.99. The Labute approximate surface area is 58.7 Å². The van der Waals surface area contributed by atoms with Crippen molar-refractivity contribution in [3.8, 4) is 12.1 Å². The lowest BCUT2D eigenvalue weighted by Crippen LogP contribution is -2.23. The predicted molar refractivity (Wildman–Crippen MR) is 36.5 cm³/mol. The lowest BCUT2D eigenvalue weighted by atomic mass is 10.6. The fraction of sp³-hybridized carbons (Fsp3) is 0.600. The van der Waals surface area contributed by atoms with Gasteiger partial charge in [-0.1, -0.05) is 0 Å². The fourth-order valence-corrected chi connectivity index (χ4v) is 0.675. The number of nitriles is 2. The van der Waals surface area contributed by atoms with Crippen LogP contribution in [-0.2, 0) is 0 Å². The molecule has 1 atom stereocenters. The second kappa shape index (κ2) is 5.43. The van der Waals surface area contributed by atoms with E-state index in [0.29, 0.717) is 0 Å². The lowest BCUT2D eigenvalue weighted by Gasteiger charge is -2.01. The van der Waals surface area contributed by atoms with Gasteiger partial charge in [0.1, 0.15) is 5.37 Å². The van der Waals surface area contributed by atoms with Crippen molar-refractivity contribution in [1.82, 2.24) is 5.32 Å². The van der Waals surface area contributed by atoms with Gasteiger partial charge in [0, 0.05) is 0 Å². The first-order chi connectivity index (χ1) is 4.35. The van der Waals surface area contributed by atoms with Crippen molar-refractivity contribution in [1.29, 1.82) is 10.5 Å². The van der Waals surface area contributed by atoms with Gasteiger partial charge >= 0.3 is 0 Å². The highest BCUT2D eigenvalue weighted by Gasteiger charge is 1.99. The molecule has 0 aromatic heterocycles. The summed E-state index contributed by atoms with van der Waals surface area (Å²) in [5.41, 5.74) is 0. The third-order valence-corrected chi connectivity index (χ3v) is 1.46. The Bertz CT molecular complexity index is 143. The number of thioether (sulfide) groups is 1. The third-order valence-electron chi connectivity index (χ3n) is 0.719. The van der Waals surface area contributed by atoms with E-state index >= 15 is 0 Å². The first kappa shape index (κ1) is 8.29. The maximum atomic E-state index is 8.31. The van der Waals surface area contributed by atoms with Crippen LogP contribution in [0.5, 0.6) is 0 Å². The van der Waals surface area contributed by atoms with Crippen LogP contribution in [0.3, 0.4) is 0 Å². The zero-order valence-corrected chi connectivity index (χ0v) is 5.90. The molecule has 9 heavy (non-hydrogen) atoms. The summed E-state index contributed by atoms with van der Waals surface area (Å²) in [6.45, 7) is 0.235. The maximum absolute atomic E-state index is 8.31. The van der Waals surface area contributed by atoms with Gasteiger partial charge in [0.15, 0.2) is 0 Å². The maximum Gasteiger partial charge on any atom is 0.142 e. The first-order valence-electron chi connectivity index (χ1n) is 2.38. The fourth-order valence-electron chi connectivity index (χ4n) is 0.320. The number of nitrogens with zero attached hydrogens (tertiary/aromatic N) is 2. The standard InChI is InChI=1S/C5H7N3S/c1-9-5(4-7)8-3-2-6/h5,8H,3H2,1H3. The molecule has 0 rings (SSSR count). The van der Waals surface area contributed by atoms with E-state index < -0.39 is 0 Å². The molecular formula is C5H7N3S. The van der Waals surface area contributed by atoms with Crippen LogP contribution in [0.15, 0.2) is 0 Å². The second-order valence-corrected chi connectivity index (χ2v) is 2.23. The van der Waals surface area contributed by atoms with Crippen LogP contribution in [0.25, 0.3) is 0 Å². The average molecular weight is 141 g/mol. The molecule has 0 aromatic rings. The largest absolute Gasteiger partial charge is 0.281 e. The summed E-state index contributed by atoms with van der Waals surface area (Å²) in [6.07, 6.45) is 1.82. The number of rotatable bonds is 3. The van der Waals surface area contributed by atoms with Crippen LogP contribution in [0, 0.1) is 22.7 Å². The molecular weight excluding hydrogens is 134 g/mol. The van der Waals surface area contributed by atoms with Gasteiger partial charge in [-0.05, 0) is 6.26 Å². The van der Waals surface area contributed by atoms with E-state index in [0.717, 1.165) is 0 Å². The zero-order valence-electron chi connectivity index (χ0n) is 5.09. The highest BCUT2D eigenvalue weighted by atomic mass is 32.2. The van der Waals surface area contributed by atoms with Crippen LogP contribution in [0.1, 0.15) is 0 Å². The van der Waals surface area contributed by atoms with E-state index in [1.807, 2.05) is 18.4 Å². The van der Waals surface area contributed by atoms with Crippen molar-refractivity contribution >= 4 is 11.8 Å². The SMILES string of the molecule is CSC(C#N)NCC#N. The van der Waals surface area contributed by atoms with E-state index in [9.17, 15) is 0 Å². The normalized spacial score (nSPS) is 11.4. The van der Waals surface area contributed by atoms with Crippen LogP contribution in [0.4, 0.5) is 0 Å². The molecule has 0 fully saturated rings. The number of hydrogen-bond acceptors (Lipinski definition) is 4. The first-order valence-corrected chi connectivity index (χ1v) is 3.66. The molecule has 0 radical (unpaired) electrons. The molecule has 0 heterocycles. The molecule has 0 saturated carbocycles. The van der Waals surface area contributed by atoms with Crippen molar-refractivity contribution in [2.75, 3.05) is 12.8 Å². The summed E-state index contributed by atoms with van der Waals surface area (Å²) >= 11 is 1.39. The Morgan fingerprint density at radius 2 is 2.33 bits per heavy atom. The molecule has 0 amide bonds. The van der Waals surface area contributed by atoms with Crippen LogP contribution in [-0.4, -0.2) is 18.2 Å². The molecule has 1 N–H and O–H groups in total. The summed E-state index contributed by atoms with van der Waals surface area (Å²) in [4.78, 5) is 0. The topological polar surface area (TPSA) is 59.6 Å². The van der Waals surface area contributed by atoms with Gasteiger partial charge in [-0.15, -0.1) is 11.8 Å². The van der Waals surface area contributed by atoms with Gasteiger partial charge in [0.25, 0.3) is 0 Å². The zero-order chi connectivity index (χ0) is 7.11. The van der Waals surface area contributed by atoms with E-state index in [-0.39, 0.29) is 11.9 Å². The van der Waals surface area contributed by atoms with Crippen molar-refractivity contribution in [3.63, 3.8) is 0 Å². The van der Waals surface area contributed by atoms with Crippen molar-refractivity contribution in [2.45, 2.75) is 5.37 Å². The average Bonchev–Trinajstić information content (AvgIpc) is 1.91. The molecule has 0 saturated heterocycles. The van der Waals surface area contributed by atoms with Gasteiger partial charge in [0.2, 0.25) is 0 Å². The van der Waals surface area contributed by atoms with E-state index in [1.54, 1.807) is 0 Å². The van der Waals surface area contributed by atoms with Gasteiger partial charge in [-0.3, -0.25) is 5.32 Å². The molecule has 0 bridgehead atoms. The molecule has 48 valence electrons. The van der Waals surface area contributed by atoms with Crippen LogP contribution >= 0.6 is 11.8 Å². The molecule has 3 nitrogen and oxygen atoms in total. The van der Waals surface area contributed by atoms with Gasteiger partial charge < -0.3 is 0 Å². The highest BCUT2D eigenvalue weighted by Crippen LogP contribution is 1.98. The van der Waals surface area contributed by atoms with Crippen LogP contribution < -0.4 is 5.32 Å². The molecule has 0 aromatic carbocycles. The predicted octanol–water partition coefficient (Wildman–Crippen LogP) is 0.312. The summed E-state index contributed by atoms with van der Waals surface area (Å²) in [7, 11) is 0. The molecule has 0 aliphatic heterocycles. The molecule has 0 aliphatic carbocycles. The van der Waals surface area contributed by atoms with E-state index in [4.69, 9.17) is 10.5 Å². The summed E-state index contributed by atoms with van der Waals surface area (Å²) in [6, 6.07) is 3.88. The Balaban J connectivity index is 3.37. The Morgan fingerprint density at radius 3 is 2.67 bits per heavy atom. The molecule has 4 heteroatoms.